The van der Waals surface area contributed by atoms with Crippen LogP contribution < -0.4 is 5.32 Å². The summed E-state index contributed by atoms with van der Waals surface area (Å²) in [6.07, 6.45) is 6.26. The highest BCUT2D eigenvalue weighted by Gasteiger charge is 2.32. The molecule has 1 aliphatic carbocycles. The molecule has 2 nitrogen and oxygen atoms in total. The first-order valence-corrected chi connectivity index (χ1v) is 10.7. The molecule has 1 fully saturated rings. The third-order valence-electron chi connectivity index (χ3n) is 5.33. The lowest BCUT2D eigenvalue weighted by atomic mass is 9.81. The number of carbonyl (C=O) groups is 1. The lowest BCUT2D eigenvalue weighted by Crippen LogP contribution is -2.29. The molecular weight excluding hydrogens is 400 g/mol. The molecule has 0 saturated heterocycles. The van der Waals surface area contributed by atoms with Crippen molar-refractivity contribution in [2.24, 2.45) is 5.92 Å². The Morgan fingerprint density at radius 3 is 2.46 bits per heavy atom. The van der Waals surface area contributed by atoms with Crippen LogP contribution in [0.4, 0.5) is 14.5 Å². The highest BCUT2D eigenvalue weighted by molar-refractivity contribution is 8.00. The van der Waals surface area contributed by atoms with Crippen LogP contribution in [-0.2, 0) is 0 Å². The van der Waals surface area contributed by atoms with Gasteiger partial charge in [-0.2, -0.15) is 0 Å². The van der Waals surface area contributed by atoms with Gasteiger partial charge >= 0.3 is 0 Å². The van der Waals surface area contributed by atoms with E-state index in [0.29, 0.717) is 16.5 Å². The third kappa shape index (κ3) is 5.06. The van der Waals surface area contributed by atoms with Crippen molar-refractivity contribution in [1.29, 1.82) is 0 Å². The number of hydrogen-bond acceptors (Lipinski definition) is 2. The zero-order valence-electron chi connectivity index (χ0n) is 16.0. The molecule has 0 aliphatic heterocycles. The van der Waals surface area contributed by atoms with E-state index in [9.17, 15) is 13.6 Å². The predicted molar refractivity (Wildman–Crippen MR) is 112 cm³/mol. The summed E-state index contributed by atoms with van der Waals surface area (Å²) in [5, 5.41) is 3.21. The van der Waals surface area contributed by atoms with Crippen LogP contribution in [0.15, 0.2) is 41.3 Å². The van der Waals surface area contributed by atoms with Gasteiger partial charge in [-0.3, -0.25) is 4.79 Å². The lowest BCUT2D eigenvalue weighted by molar-refractivity contribution is 0.102. The fourth-order valence-electron chi connectivity index (χ4n) is 3.66. The van der Waals surface area contributed by atoms with Gasteiger partial charge < -0.3 is 5.32 Å². The van der Waals surface area contributed by atoms with Gasteiger partial charge in [-0.15, -0.1) is 11.8 Å². The summed E-state index contributed by atoms with van der Waals surface area (Å²) in [4.78, 5) is 13.4. The molecule has 0 unspecified atom stereocenters. The monoisotopic (exact) mass is 423 g/mol. The second kappa shape index (κ2) is 8.83. The van der Waals surface area contributed by atoms with Gasteiger partial charge in [0.1, 0.15) is 0 Å². The summed E-state index contributed by atoms with van der Waals surface area (Å²) in [6, 6.07) is 8.39. The smallest absolute Gasteiger partial charge is 0.255 e. The van der Waals surface area contributed by atoms with Gasteiger partial charge in [0, 0.05) is 27.0 Å². The van der Waals surface area contributed by atoms with Gasteiger partial charge in [-0.1, -0.05) is 44.7 Å². The summed E-state index contributed by atoms with van der Waals surface area (Å²) < 4.78 is 26.4. The Labute approximate surface area is 174 Å². The number of anilines is 1. The lowest BCUT2D eigenvalue weighted by Gasteiger charge is -2.36. The maximum absolute atomic E-state index is 13.4. The Hall–Kier alpha value is -1.59. The zero-order chi connectivity index (χ0) is 20.3. The molecule has 2 aromatic rings. The van der Waals surface area contributed by atoms with Crippen molar-refractivity contribution in [2.75, 3.05) is 5.32 Å². The number of hydrogen-bond donors (Lipinski definition) is 1. The summed E-state index contributed by atoms with van der Waals surface area (Å²) in [7, 11) is 0. The molecule has 1 N–H and O–H groups in total. The molecule has 2 aromatic carbocycles. The van der Waals surface area contributed by atoms with Crippen LogP contribution in [0, 0.1) is 17.6 Å². The Bertz CT molecular complexity index is 866. The van der Waals surface area contributed by atoms with Crippen molar-refractivity contribution >= 4 is 35.0 Å². The Morgan fingerprint density at radius 2 is 1.79 bits per heavy atom. The van der Waals surface area contributed by atoms with Gasteiger partial charge in [-0.05, 0) is 49.1 Å². The molecule has 6 heteroatoms. The van der Waals surface area contributed by atoms with E-state index in [4.69, 9.17) is 11.6 Å². The Balaban J connectivity index is 1.76. The van der Waals surface area contributed by atoms with Gasteiger partial charge in [0.15, 0.2) is 11.6 Å². The van der Waals surface area contributed by atoms with E-state index in [1.807, 2.05) is 0 Å². The molecule has 1 aliphatic rings. The van der Waals surface area contributed by atoms with Crippen LogP contribution in [0.25, 0.3) is 0 Å². The molecule has 0 heterocycles. The minimum absolute atomic E-state index is 0.0131. The van der Waals surface area contributed by atoms with E-state index in [1.54, 1.807) is 30.0 Å². The molecule has 0 bridgehead atoms. The van der Waals surface area contributed by atoms with Crippen molar-refractivity contribution in [3.8, 4) is 0 Å². The van der Waals surface area contributed by atoms with Gasteiger partial charge in [0.25, 0.3) is 5.91 Å². The molecule has 3 rings (SSSR count). The normalized spacial score (nSPS) is 15.5. The van der Waals surface area contributed by atoms with E-state index in [0.717, 1.165) is 17.0 Å². The quantitative estimate of drug-likeness (QED) is 0.510. The fourth-order valence-corrected chi connectivity index (χ4v) is 5.22. The number of benzene rings is 2. The third-order valence-corrected chi connectivity index (χ3v) is 7.19. The fraction of sp³-hybridized carbons (Fsp3) is 0.409. The van der Waals surface area contributed by atoms with E-state index >= 15 is 0 Å². The summed E-state index contributed by atoms with van der Waals surface area (Å²) >= 11 is 8.10. The summed E-state index contributed by atoms with van der Waals surface area (Å²) in [6.45, 7) is 4.47. The number of amides is 1. The van der Waals surface area contributed by atoms with Gasteiger partial charge in [-0.25, -0.2) is 8.78 Å². The van der Waals surface area contributed by atoms with Crippen LogP contribution in [0.1, 0.15) is 56.3 Å². The molecule has 0 atom stereocenters. The maximum Gasteiger partial charge on any atom is 0.255 e. The number of nitrogens with one attached hydrogen (secondary N) is 1. The number of thioether (sulfide) groups is 1. The van der Waals surface area contributed by atoms with Crippen LogP contribution in [0.2, 0.25) is 5.02 Å². The molecule has 28 heavy (non-hydrogen) atoms. The maximum atomic E-state index is 13.4. The number of halogens is 3. The molecule has 1 saturated carbocycles. The number of rotatable bonds is 5. The van der Waals surface area contributed by atoms with Crippen LogP contribution >= 0.6 is 23.4 Å². The second-order valence-corrected chi connectivity index (χ2v) is 9.87. The van der Waals surface area contributed by atoms with Crippen LogP contribution in [0.5, 0.6) is 0 Å². The molecule has 1 amide bonds. The average molecular weight is 424 g/mol. The van der Waals surface area contributed by atoms with Crippen molar-refractivity contribution < 1.29 is 13.6 Å². The van der Waals surface area contributed by atoms with E-state index in [-0.39, 0.29) is 16.3 Å². The van der Waals surface area contributed by atoms with E-state index in [2.05, 4.69) is 19.2 Å². The Kier molecular flexibility index (Phi) is 6.66. The van der Waals surface area contributed by atoms with Gasteiger partial charge in [0.05, 0.1) is 5.02 Å². The minimum Gasteiger partial charge on any atom is -0.322 e. The predicted octanol–water partition coefficient (Wildman–Crippen LogP) is 7.32. The average Bonchev–Trinajstić information content (AvgIpc) is 2.67. The molecule has 0 aromatic heterocycles. The summed E-state index contributed by atoms with van der Waals surface area (Å²) in [5.41, 5.74) is 0.631. The van der Waals surface area contributed by atoms with Crippen LogP contribution in [0.3, 0.4) is 0 Å². The second-order valence-electron chi connectivity index (χ2n) is 7.77. The van der Waals surface area contributed by atoms with Crippen molar-refractivity contribution in [1.82, 2.24) is 0 Å². The van der Waals surface area contributed by atoms with E-state index < -0.39 is 11.6 Å². The SMILES string of the molecule is CC(C)(Sc1cc(C(=O)Nc2ccc(F)c(F)c2)ccc1Cl)C1CCCCC1. The molecule has 0 radical (unpaired) electrons. The summed E-state index contributed by atoms with van der Waals surface area (Å²) in [5.74, 6) is -1.73. The first kappa shape index (κ1) is 21.1. The van der Waals surface area contributed by atoms with Crippen molar-refractivity contribution in [3.63, 3.8) is 0 Å². The highest BCUT2D eigenvalue weighted by atomic mass is 35.5. The molecule has 0 spiro atoms. The molecular formula is C22H24ClF2NOS. The number of carbonyl (C=O) groups excluding carboxylic acids is 1. The standard InChI is InChI=1S/C22H24ClF2NOS/c1-22(2,15-6-4-3-5-7-15)28-20-12-14(8-10-17(20)23)21(27)26-16-9-11-18(24)19(25)13-16/h8-13,15H,3-7H2,1-2H3,(H,26,27). The Morgan fingerprint density at radius 1 is 1.07 bits per heavy atom. The zero-order valence-corrected chi connectivity index (χ0v) is 17.6. The highest BCUT2D eigenvalue weighted by Crippen LogP contribution is 2.46. The van der Waals surface area contributed by atoms with E-state index in [1.165, 1.54) is 38.2 Å². The van der Waals surface area contributed by atoms with Crippen molar-refractivity contribution in [3.05, 3.63) is 58.6 Å². The minimum atomic E-state index is -1.00. The molecule has 150 valence electrons. The topological polar surface area (TPSA) is 29.1 Å². The first-order chi connectivity index (χ1) is 13.3. The van der Waals surface area contributed by atoms with Crippen molar-refractivity contribution in [2.45, 2.75) is 55.6 Å². The largest absolute Gasteiger partial charge is 0.322 e. The van der Waals surface area contributed by atoms with Crippen LogP contribution in [-0.4, -0.2) is 10.7 Å². The van der Waals surface area contributed by atoms with Gasteiger partial charge in [0.2, 0.25) is 0 Å². The first-order valence-electron chi connectivity index (χ1n) is 9.51.